The van der Waals surface area contributed by atoms with Gasteiger partial charge < -0.3 is 10.4 Å². The summed E-state index contributed by atoms with van der Waals surface area (Å²) < 4.78 is 2.67. The molecule has 2 aromatic heterocycles. The number of halogens is 1. The van der Waals surface area contributed by atoms with Crippen LogP contribution in [0.5, 0.6) is 0 Å². The Morgan fingerprint density at radius 1 is 1.33 bits per heavy atom. The van der Waals surface area contributed by atoms with Crippen LogP contribution in [0.25, 0.3) is 16.9 Å². The number of rotatable bonds is 5. The average molecular weight is 388 g/mol. The van der Waals surface area contributed by atoms with Crippen LogP contribution in [-0.2, 0) is 7.05 Å². The predicted octanol–water partition coefficient (Wildman–Crippen LogP) is 1.40. The van der Waals surface area contributed by atoms with Crippen molar-refractivity contribution in [3.05, 3.63) is 63.7 Å². The molecule has 0 spiro atoms. The van der Waals surface area contributed by atoms with Gasteiger partial charge in [0, 0.05) is 23.7 Å². The number of hydrogen-bond donors (Lipinski definition) is 2. The van der Waals surface area contributed by atoms with Crippen LogP contribution in [0.2, 0.25) is 5.02 Å². The normalized spacial score (nSPS) is 12.0. The van der Waals surface area contributed by atoms with Crippen molar-refractivity contribution < 1.29 is 9.90 Å². The summed E-state index contributed by atoms with van der Waals surface area (Å²) in [5.41, 5.74) is 0.892. The topological polar surface area (TPSA) is 102 Å². The quantitative estimate of drug-likeness (QED) is 0.689. The van der Waals surface area contributed by atoms with Crippen molar-refractivity contribution in [2.24, 2.45) is 7.05 Å². The van der Waals surface area contributed by atoms with Crippen LogP contribution < -0.4 is 10.9 Å². The van der Waals surface area contributed by atoms with Gasteiger partial charge in [0.1, 0.15) is 11.3 Å². The van der Waals surface area contributed by atoms with Gasteiger partial charge >= 0.3 is 0 Å². The molecule has 0 aliphatic heterocycles. The van der Waals surface area contributed by atoms with E-state index in [4.69, 9.17) is 16.7 Å². The maximum atomic E-state index is 12.8. The van der Waals surface area contributed by atoms with Crippen LogP contribution in [0.4, 0.5) is 0 Å². The van der Waals surface area contributed by atoms with Gasteiger partial charge in [-0.25, -0.2) is 0 Å². The van der Waals surface area contributed by atoms with E-state index in [-0.39, 0.29) is 12.2 Å². The Labute approximate surface area is 160 Å². The van der Waals surface area contributed by atoms with Crippen molar-refractivity contribution in [2.45, 2.75) is 13.0 Å². The van der Waals surface area contributed by atoms with Gasteiger partial charge in [0.2, 0.25) is 0 Å². The minimum absolute atomic E-state index is 0.0842. The largest absolute Gasteiger partial charge is 0.394 e. The van der Waals surface area contributed by atoms with Gasteiger partial charge in [-0.3, -0.25) is 14.3 Å². The second-order valence-corrected chi connectivity index (χ2v) is 6.53. The monoisotopic (exact) mass is 387 g/mol. The van der Waals surface area contributed by atoms with Crippen molar-refractivity contribution in [1.82, 2.24) is 24.9 Å². The molecule has 0 aliphatic rings. The molecular formula is C18H18ClN5O3. The number of carbonyl (C=O) groups is 1. The molecule has 9 heteroatoms. The molecule has 3 aromatic rings. The van der Waals surface area contributed by atoms with Gasteiger partial charge in [-0.1, -0.05) is 23.7 Å². The smallest absolute Gasteiger partial charge is 0.284 e. The minimum atomic E-state index is -0.586. The zero-order valence-electron chi connectivity index (χ0n) is 14.8. The molecule has 27 heavy (non-hydrogen) atoms. The highest BCUT2D eigenvalue weighted by atomic mass is 35.5. The standard InChI is InChI=1S/C18H18ClN5O3/c1-11(10-25)21-17(26)15-7-16(12-3-5-13(19)6-4-12)22-24(18(15)27)14-8-20-23(2)9-14/h3-9,11,25H,10H2,1-2H3,(H,21,26). The molecule has 0 aliphatic carbocycles. The number of nitrogens with zero attached hydrogens (tertiary/aromatic N) is 4. The van der Waals surface area contributed by atoms with E-state index in [1.165, 1.54) is 16.9 Å². The summed E-state index contributed by atoms with van der Waals surface area (Å²) in [5.74, 6) is -0.586. The first kappa shape index (κ1) is 18.8. The third kappa shape index (κ3) is 4.07. The van der Waals surface area contributed by atoms with Crippen LogP contribution in [0.15, 0.2) is 47.5 Å². The number of carbonyl (C=O) groups excluding carboxylic acids is 1. The third-order valence-corrected chi connectivity index (χ3v) is 4.14. The Kier molecular flexibility index (Phi) is 5.38. The highest BCUT2D eigenvalue weighted by Crippen LogP contribution is 2.20. The molecule has 2 N–H and O–H groups in total. The van der Waals surface area contributed by atoms with Gasteiger partial charge in [0.05, 0.1) is 24.7 Å². The Morgan fingerprint density at radius 2 is 2.04 bits per heavy atom. The molecule has 2 heterocycles. The summed E-state index contributed by atoms with van der Waals surface area (Å²) in [5, 5.41) is 20.7. The van der Waals surface area contributed by atoms with Gasteiger partial charge in [-0.2, -0.15) is 14.9 Å². The number of hydrogen-bond acceptors (Lipinski definition) is 5. The van der Waals surface area contributed by atoms with Crippen LogP contribution in [0.3, 0.4) is 0 Å². The zero-order chi connectivity index (χ0) is 19.6. The molecule has 0 radical (unpaired) electrons. The summed E-state index contributed by atoms with van der Waals surface area (Å²) >= 11 is 5.93. The fourth-order valence-corrected chi connectivity index (χ4v) is 2.58. The lowest BCUT2D eigenvalue weighted by molar-refractivity contribution is 0.0920. The van der Waals surface area contributed by atoms with Crippen molar-refractivity contribution in [3.63, 3.8) is 0 Å². The van der Waals surface area contributed by atoms with E-state index >= 15 is 0 Å². The number of aryl methyl sites for hydroxylation is 1. The number of nitrogens with one attached hydrogen (secondary N) is 1. The first-order valence-electron chi connectivity index (χ1n) is 8.20. The molecule has 8 nitrogen and oxygen atoms in total. The SMILES string of the molecule is CC(CO)NC(=O)c1cc(-c2ccc(Cl)cc2)nn(-c2cnn(C)c2)c1=O. The summed E-state index contributed by atoms with van der Waals surface area (Å²) in [6.07, 6.45) is 3.11. The Hall–Kier alpha value is -2.97. The molecule has 1 aromatic carbocycles. The second-order valence-electron chi connectivity index (χ2n) is 6.10. The maximum Gasteiger partial charge on any atom is 0.284 e. The van der Waals surface area contributed by atoms with Crippen LogP contribution >= 0.6 is 11.6 Å². The number of benzene rings is 1. The molecule has 3 rings (SSSR count). The van der Waals surface area contributed by atoms with Crippen LogP contribution in [0, 0.1) is 0 Å². The lowest BCUT2D eigenvalue weighted by atomic mass is 10.1. The average Bonchev–Trinajstić information content (AvgIpc) is 3.08. The number of amides is 1. The summed E-state index contributed by atoms with van der Waals surface area (Å²) in [6.45, 7) is 1.40. The van der Waals surface area contributed by atoms with Gasteiger partial charge in [-0.05, 0) is 25.1 Å². The first-order valence-corrected chi connectivity index (χ1v) is 8.58. The molecule has 0 bridgehead atoms. The predicted molar refractivity (Wildman–Crippen MR) is 101 cm³/mol. The molecule has 0 fully saturated rings. The Balaban J connectivity index is 2.17. The summed E-state index contributed by atoms with van der Waals surface area (Å²) in [6, 6.07) is 7.84. The van der Waals surface area contributed by atoms with Gasteiger partial charge in [-0.15, -0.1) is 0 Å². The fourth-order valence-electron chi connectivity index (χ4n) is 2.46. The van der Waals surface area contributed by atoms with Gasteiger partial charge in [0.15, 0.2) is 0 Å². The van der Waals surface area contributed by atoms with E-state index in [1.54, 1.807) is 44.4 Å². The lowest BCUT2D eigenvalue weighted by Gasteiger charge is -2.13. The lowest BCUT2D eigenvalue weighted by Crippen LogP contribution is -2.39. The summed E-state index contributed by atoms with van der Waals surface area (Å²) in [4.78, 5) is 25.4. The number of aromatic nitrogens is 4. The highest BCUT2D eigenvalue weighted by Gasteiger charge is 2.19. The van der Waals surface area contributed by atoms with E-state index in [9.17, 15) is 9.59 Å². The minimum Gasteiger partial charge on any atom is -0.394 e. The number of aliphatic hydroxyl groups is 1. The van der Waals surface area contributed by atoms with Gasteiger partial charge in [0.25, 0.3) is 11.5 Å². The summed E-state index contributed by atoms with van der Waals surface area (Å²) in [7, 11) is 1.72. The molecule has 0 saturated heterocycles. The van der Waals surface area contributed by atoms with E-state index in [0.29, 0.717) is 22.0 Å². The maximum absolute atomic E-state index is 12.8. The molecule has 1 atom stereocenters. The Bertz CT molecular complexity index is 1030. The Morgan fingerprint density at radius 3 is 2.63 bits per heavy atom. The molecule has 1 unspecified atom stereocenters. The zero-order valence-corrected chi connectivity index (χ0v) is 15.5. The van der Waals surface area contributed by atoms with E-state index < -0.39 is 17.5 Å². The molecule has 0 saturated carbocycles. The molecule has 140 valence electrons. The van der Waals surface area contributed by atoms with E-state index in [2.05, 4.69) is 15.5 Å². The highest BCUT2D eigenvalue weighted by molar-refractivity contribution is 6.30. The van der Waals surface area contributed by atoms with Crippen molar-refractivity contribution in [1.29, 1.82) is 0 Å². The number of aliphatic hydroxyl groups excluding tert-OH is 1. The van der Waals surface area contributed by atoms with Crippen molar-refractivity contribution >= 4 is 17.5 Å². The van der Waals surface area contributed by atoms with Crippen LogP contribution in [0.1, 0.15) is 17.3 Å². The molecular weight excluding hydrogens is 370 g/mol. The third-order valence-electron chi connectivity index (χ3n) is 3.88. The van der Waals surface area contributed by atoms with Crippen molar-refractivity contribution in [2.75, 3.05) is 6.61 Å². The van der Waals surface area contributed by atoms with Crippen LogP contribution in [-0.4, -0.2) is 43.2 Å². The first-order chi connectivity index (χ1) is 12.9. The van der Waals surface area contributed by atoms with E-state index in [1.807, 2.05) is 0 Å². The van der Waals surface area contributed by atoms with E-state index in [0.717, 1.165) is 4.68 Å². The van der Waals surface area contributed by atoms with Crippen molar-refractivity contribution in [3.8, 4) is 16.9 Å². The second kappa shape index (κ2) is 7.73. The fraction of sp³-hybridized carbons (Fsp3) is 0.222. The molecule has 1 amide bonds.